The zero-order valence-corrected chi connectivity index (χ0v) is 8.08. The molecular weight excluding hydrogens is 152 g/mol. The van der Waals surface area contributed by atoms with E-state index in [1.165, 1.54) is 6.42 Å². The minimum Gasteiger partial charge on any atom is -0.481 e. The summed E-state index contributed by atoms with van der Waals surface area (Å²) in [5, 5.41) is 8.59. The lowest BCUT2D eigenvalue weighted by molar-refractivity contribution is -0.138. The monoisotopic (exact) mass is 170 g/mol. The zero-order chi connectivity index (χ0) is 9.30. The van der Waals surface area contributed by atoms with Crippen molar-refractivity contribution in [1.82, 2.24) is 0 Å². The van der Waals surface area contributed by atoms with Crippen LogP contribution in [0.3, 0.4) is 0 Å². The molecule has 1 fully saturated rings. The lowest BCUT2D eigenvalue weighted by atomic mass is 9.97. The highest BCUT2D eigenvalue weighted by Crippen LogP contribution is 2.49. The molecule has 0 aliphatic heterocycles. The molecule has 0 aromatic carbocycles. The number of rotatable bonds is 4. The summed E-state index contributed by atoms with van der Waals surface area (Å²) in [6.07, 6.45) is 1.58. The maximum absolute atomic E-state index is 10.4. The summed E-state index contributed by atoms with van der Waals surface area (Å²) in [5.41, 5.74) is 0. The van der Waals surface area contributed by atoms with Gasteiger partial charge in [-0.1, -0.05) is 20.8 Å². The van der Waals surface area contributed by atoms with Crippen LogP contribution in [-0.2, 0) is 4.79 Å². The van der Waals surface area contributed by atoms with E-state index in [4.69, 9.17) is 5.11 Å². The fraction of sp³-hybridized carbons (Fsp3) is 0.900. The van der Waals surface area contributed by atoms with Crippen LogP contribution in [0.5, 0.6) is 0 Å². The average molecular weight is 170 g/mol. The minimum absolute atomic E-state index is 0.341. The van der Waals surface area contributed by atoms with E-state index in [9.17, 15) is 4.79 Å². The molecule has 1 aliphatic carbocycles. The standard InChI is InChI=1S/C10H18O2/c1-6(2)8-5-9(8)7(3)4-10(11)12/h6-9H,4-5H2,1-3H3,(H,11,12). The molecule has 3 atom stereocenters. The van der Waals surface area contributed by atoms with Gasteiger partial charge in [0.25, 0.3) is 0 Å². The van der Waals surface area contributed by atoms with Crippen molar-refractivity contribution < 1.29 is 9.90 Å². The molecule has 3 unspecified atom stereocenters. The van der Waals surface area contributed by atoms with Crippen LogP contribution in [0, 0.1) is 23.7 Å². The van der Waals surface area contributed by atoms with Crippen LogP contribution in [0.15, 0.2) is 0 Å². The summed E-state index contributed by atoms with van der Waals surface area (Å²) in [6, 6.07) is 0. The Balaban J connectivity index is 2.28. The van der Waals surface area contributed by atoms with Gasteiger partial charge in [0.15, 0.2) is 0 Å². The molecule has 1 rings (SSSR count). The number of hydrogen-bond acceptors (Lipinski definition) is 1. The van der Waals surface area contributed by atoms with Gasteiger partial charge < -0.3 is 5.11 Å². The van der Waals surface area contributed by atoms with Gasteiger partial charge in [0.2, 0.25) is 0 Å². The quantitative estimate of drug-likeness (QED) is 0.703. The van der Waals surface area contributed by atoms with Crippen LogP contribution in [0.2, 0.25) is 0 Å². The van der Waals surface area contributed by atoms with Crippen LogP contribution >= 0.6 is 0 Å². The van der Waals surface area contributed by atoms with Crippen molar-refractivity contribution >= 4 is 5.97 Å². The molecular formula is C10H18O2. The highest BCUT2D eigenvalue weighted by Gasteiger charge is 2.42. The molecule has 2 nitrogen and oxygen atoms in total. The van der Waals surface area contributed by atoms with Gasteiger partial charge in [-0.2, -0.15) is 0 Å². The Hall–Kier alpha value is -0.530. The third-order valence-electron chi connectivity index (χ3n) is 2.97. The predicted octanol–water partition coefficient (Wildman–Crippen LogP) is 2.39. The Bertz CT molecular complexity index is 175. The molecule has 1 saturated carbocycles. The summed E-state index contributed by atoms with van der Waals surface area (Å²) in [4.78, 5) is 10.4. The van der Waals surface area contributed by atoms with Crippen molar-refractivity contribution in [3.8, 4) is 0 Å². The van der Waals surface area contributed by atoms with Crippen molar-refractivity contribution in [3.63, 3.8) is 0 Å². The lowest BCUT2D eigenvalue weighted by Crippen LogP contribution is -2.08. The molecule has 0 aromatic rings. The van der Waals surface area contributed by atoms with Crippen molar-refractivity contribution in [2.24, 2.45) is 23.7 Å². The second kappa shape index (κ2) is 3.46. The fourth-order valence-electron chi connectivity index (χ4n) is 2.08. The van der Waals surface area contributed by atoms with Gasteiger partial charge >= 0.3 is 5.97 Å². The van der Waals surface area contributed by atoms with E-state index in [0.717, 1.165) is 11.8 Å². The first-order chi connectivity index (χ1) is 5.52. The Morgan fingerprint density at radius 2 is 2.00 bits per heavy atom. The first-order valence-corrected chi connectivity index (χ1v) is 4.74. The Labute approximate surface area is 74.0 Å². The number of aliphatic carboxylic acids is 1. The molecule has 0 saturated heterocycles. The molecule has 2 heteroatoms. The van der Waals surface area contributed by atoms with Crippen LogP contribution in [0.25, 0.3) is 0 Å². The number of carboxylic acid groups (broad SMARTS) is 1. The van der Waals surface area contributed by atoms with Gasteiger partial charge in [0.05, 0.1) is 0 Å². The SMILES string of the molecule is CC(C)C1CC1C(C)CC(=O)O. The molecule has 0 heterocycles. The molecule has 12 heavy (non-hydrogen) atoms. The Morgan fingerprint density at radius 3 is 2.33 bits per heavy atom. The van der Waals surface area contributed by atoms with Crippen LogP contribution in [-0.4, -0.2) is 11.1 Å². The third-order valence-corrected chi connectivity index (χ3v) is 2.97. The number of hydrogen-bond donors (Lipinski definition) is 1. The first kappa shape index (κ1) is 9.56. The molecule has 0 bridgehead atoms. The third kappa shape index (κ3) is 2.23. The van der Waals surface area contributed by atoms with Crippen LogP contribution in [0.4, 0.5) is 0 Å². The van der Waals surface area contributed by atoms with Crippen LogP contribution < -0.4 is 0 Å². The molecule has 0 spiro atoms. The topological polar surface area (TPSA) is 37.3 Å². The van der Waals surface area contributed by atoms with Gasteiger partial charge in [0, 0.05) is 6.42 Å². The summed E-state index contributed by atoms with van der Waals surface area (Å²) in [6.45, 7) is 6.50. The minimum atomic E-state index is -0.656. The normalized spacial score (nSPS) is 30.3. The summed E-state index contributed by atoms with van der Waals surface area (Å²) in [5.74, 6) is 1.92. The summed E-state index contributed by atoms with van der Waals surface area (Å²) < 4.78 is 0. The van der Waals surface area contributed by atoms with Gasteiger partial charge in [-0.05, 0) is 30.1 Å². The fourth-order valence-corrected chi connectivity index (χ4v) is 2.08. The lowest BCUT2D eigenvalue weighted by Gasteiger charge is -2.09. The van der Waals surface area contributed by atoms with E-state index in [2.05, 4.69) is 20.8 Å². The second-order valence-corrected chi connectivity index (χ2v) is 4.38. The largest absolute Gasteiger partial charge is 0.481 e. The highest BCUT2D eigenvalue weighted by molar-refractivity contribution is 5.67. The van der Waals surface area contributed by atoms with E-state index in [1.54, 1.807) is 0 Å². The molecule has 0 amide bonds. The molecule has 0 aromatic heterocycles. The van der Waals surface area contributed by atoms with E-state index < -0.39 is 5.97 Å². The molecule has 70 valence electrons. The Morgan fingerprint density at radius 1 is 1.42 bits per heavy atom. The van der Waals surface area contributed by atoms with Crippen molar-refractivity contribution in [2.45, 2.75) is 33.6 Å². The maximum Gasteiger partial charge on any atom is 0.303 e. The van der Waals surface area contributed by atoms with E-state index in [-0.39, 0.29) is 0 Å². The average Bonchev–Trinajstić information content (AvgIpc) is 2.61. The summed E-state index contributed by atoms with van der Waals surface area (Å²) in [7, 11) is 0. The second-order valence-electron chi connectivity index (χ2n) is 4.38. The summed E-state index contributed by atoms with van der Waals surface area (Å²) >= 11 is 0. The van der Waals surface area contributed by atoms with Crippen molar-refractivity contribution in [2.75, 3.05) is 0 Å². The predicted molar refractivity (Wildman–Crippen MR) is 47.9 cm³/mol. The number of carboxylic acids is 1. The molecule has 1 N–H and O–H groups in total. The van der Waals surface area contributed by atoms with Crippen LogP contribution in [0.1, 0.15) is 33.6 Å². The molecule has 1 aliphatic rings. The van der Waals surface area contributed by atoms with Gasteiger partial charge in [0.1, 0.15) is 0 Å². The zero-order valence-electron chi connectivity index (χ0n) is 8.08. The van der Waals surface area contributed by atoms with E-state index >= 15 is 0 Å². The van der Waals surface area contributed by atoms with Gasteiger partial charge in [-0.3, -0.25) is 4.79 Å². The van der Waals surface area contributed by atoms with E-state index in [1.807, 2.05) is 0 Å². The van der Waals surface area contributed by atoms with Crippen molar-refractivity contribution in [3.05, 3.63) is 0 Å². The molecule has 0 radical (unpaired) electrons. The van der Waals surface area contributed by atoms with Gasteiger partial charge in [-0.25, -0.2) is 0 Å². The highest BCUT2D eigenvalue weighted by atomic mass is 16.4. The smallest absolute Gasteiger partial charge is 0.303 e. The van der Waals surface area contributed by atoms with E-state index in [0.29, 0.717) is 18.3 Å². The van der Waals surface area contributed by atoms with Gasteiger partial charge in [-0.15, -0.1) is 0 Å². The van der Waals surface area contributed by atoms with Crippen molar-refractivity contribution in [1.29, 1.82) is 0 Å². The maximum atomic E-state index is 10.4. The number of carbonyl (C=O) groups is 1. The Kier molecular flexibility index (Phi) is 2.76. The first-order valence-electron chi connectivity index (χ1n) is 4.74.